The Labute approximate surface area is 765 Å². The van der Waals surface area contributed by atoms with E-state index in [4.69, 9.17) is 30.1 Å². The number of hydrogen-bond donors (Lipinski definition) is 0. The quantitative estimate of drug-likeness (QED) is 0.0278. The van der Waals surface area contributed by atoms with E-state index in [1.165, 1.54) is 332 Å². The summed E-state index contributed by atoms with van der Waals surface area (Å²) in [7, 11) is -19.4. The summed E-state index contributed by atoms with van der Waals surface area (Å²) < 4.78 is 47.9. The SMILES string of the molecule is CCCC[SiH](CCCC)O[PH](O[Si](CCCC)(CCCC)CCCC)(c1ccccc1)c1ccccc1CC.CCCC[SiH](CCCC)O[PH](O[Si](CCCC)(CCCC)CCCC)(c1ccccc1)c1ccccc1CC.CCCC[SiH](CCCC)O[PH](O[Si](CCCC)(CCCC)CCCC)(c1ccccc1)c1ccccc1CC.[C]=O.[IrH]. The molecule has 0 aromatic heterocycles. The third kappa shape index (κ3) is 38.7. The molecule has 0 N–H and O–H groups in total. The van der Waals surface area contributed by atoms with E-state index < -0.39 is 75.2 Å². The van der Waals surface area contributed by atoms with Crippen molar-refractivity contribution in [3.8, 4) is 0 Å². The Hall–Kier alpha value is -2.01. The van der Waals surface area contributed by atoms with E-state index in [2.05, 4.69) is 295 Å². The molecule has 7 nitrogen and oxygen atoms in total. The van der Waals surface area contributed by atoms with E-state index >= 15 is 0 Å². The van der Waals surface area contributed by atoms with Crippen molar-refractivity contribution in [2.75, 3.05) is 0 Å². The molecule has 17 heteroatoms. The molecular formula is C103H184IrO7P3Si6. The first-order valence-corrected chi connectivity index (χ1v) is 69.2. The molecule has 0 saturated heterocycles. The van der Waals surface area contributed by atoms with E-state index in [9.17, 15) is 0 Å². The fourth-order valence-corrected chi connectivity index (χ4v) is 68.1. The zero-order valence-corrected chi connectivity index (χ0v) is 92.5. The fraction of sp³-hybridized carbons (Fsp3) is 0.641. The molecule has 0 amide bonds. The number of unbranched alkanes of at least 4 members (excludes halogenated alkanes) is 15. The van der Waals surface area contributed by atoms with Gasteiger partial charge in [-0.05, 0) is 0 Å². The van der Waals surface area contributed by atoms with E-state index in [1.54, 1.807) is 0 Å². The second kappa shape index (κ2) is 69.0. The Morgan fingerprint density at radius 3 is 0.550 bits per heavy atom. The molecule has 3 radical (unpaired) electrons. The van der Waals surface area contributed by atoms with Gasteiger partial charge in [0.15, 0.2) is 0 Å². The third-order valence-corrected chi connectivity index (χ3v) is 66.1. The Morgan fingerprint density at radius 1 is 0.233 bits per heavy atom. The molecule has 0 bridgehead atoms. The Bertz CT molecular complexity index is 2970. The summed E-state index contributed by atoms with van der Waals surface area (Å²) in [5, 5.41) is 8.26. The average molecular weight is 1990 g/mol. The summed E-state index contributed by atoms with van der Waals surface area (Å²) in [6, 6.07) is 80.6. The molecule has 120 heavy (non-hydrogen) atoms. The molecule has 0 aliphatic heterocycles. The Morgan fingerprint density at radius 2 is 0.392 bits per heavy atom. The van der Waals surface area contributed by atoms with Crippen LogP contribution in [0.5, 0.6) is 0 Å². The predicted octanol–water partition coefficient (Wildman–Crippen LogP) is 30.8. The monoisotopic (exact) mass is 1990 g/mol. The van der Waals surface area contributed by atoms with Gasteiger partial charge in [0.05, 0.1) is 0 Å². The zero-order chi connectivity index (χ0) is 87.2. The molecule has 6 aromatic carbocycles. The summed E-state index contributed by atoms with van der Waals surface area (Å²) in [6.07, 6.45) is 40.9. The Kier molecular flexibility index (Phi) is 65.6. The topological polar surface area (TPSA) is 72.5 Å². The van der Waals surface area contributed by atoms with Gasteiger partial charge in [0, 0.05) is 0 Å². The van der Waals surface area contributed by atoms with Gasteiger partial charge in [0.25, 0.3) is 6.79 Å². The molecule has 686 valence electrons. The van der Waals surface area contributed by atoms with Crippen LogP contribution in [0.3, 0.4) is 0 Å². The van der Waals surface area contributed by atoms with Crippen molar-refractivity contribution in [3.63, 3.8) is 0 Å². The molecule has 6 aromatic rings. The second-order valence-corrected chi connectivity index (χ2v) is 66.0. The van der Waals surface area contributed by atoms with Crippen molar-refractivity contribution in [2.24, 2.45) is 0 Å². The Balaban J connectivity index is 0.000000601. The number of carbonyl (C=O) groups excluding carboxylic acids is 1. The first-order valence-electron chi connectivity index (χ1n) is 49.9. The second-order valence-electron chi connectivity index (χ2n) is 34.8. The molecular weight excluding hydrogens is 1800 g/mol. The van der Waals surface area contributed by atoms with Crippen molar-refractivity contribution >= 4 is 114 Å². The van der Waals surface area contributed by atoms with Crippen LogP contribution in [-0.4, -0.2) is 58.9 Å². The first kappa shape index (κ1) is 114. The normalized spacial score (nSPS) is 12.5. The maximum atomic E-state index is 8.13. The van der Waals surface area contributed by atoms with Gasteiger partial charge in [-0.25, -0.2) is 0 Å². The summed E-state index contributed by atoms with van der Waals surface area (Å²) >= 11 is 0. The van der Waals surface area contributed by atoms with Crippen molar-refractivity contribution in [1.82, 2.24) is 0 Å². The standard InChI is InChI=1S/3C34H61O2PSi2.CO.Ir.H/c3*1-7-13-27-38(28-14-8-2)35-37(33-24-19-18-20-25-33,34-26-22-21-23-32(34)12-6)36-39(29-15-9-3,30-16-10-4)31-17-11-5;1-2;;/h3*18-26,37-38H,7-17,27-31H2,1-6H3;;;. The van der Waals surface area contributed by atoms with Crippen LogP contribution in [0, 0.1) is 0 Å². The van der Waals surface area contributed by atoms with Crippen LogP contribution in [0.15, 0.2) is 164 Å². The number of benzene rings is 6. The third-order valence-electron chi connectivity index (χ3n) is 25.0. The zero-order valence-electron chi connectivity index (χ0n) is 80.5. The number of aryl methyl sites for hydroxylation is 3. The van der Waals surface area contributed by atoms with E-state index in [-0.39, 0.29) is 20.1 Å². The van der Waals surface area contributed by atoms with E-state index in [1.807, 2.05) is 0 Å². The maximum absolute atomic E-state index is 8.13. The molecule has 0 saturated carbocycles. The summed E-state index contributed by atoms with van der Waals surface area (Å²) in [4.78, 5) is 7.50. The van der Waals surface area contributed by atoms with Crippen LogP contribution in [-0.2, 0) is 69.4 Å². The summed E-state index contributed by atoms with van der Waals surface area (Å²) in [5.74, 6) is 0. The van der Waals surface area contributed by atoms with E-state index in [0.717, 1.165) is 19.3 Å². The first-order chi connectivity index (χ1) is 58.1. The molecule has 0 aliphatic rings. The van der Waals surface area contributed by atoms with Gasteiger partial charge in [0.1, 0.15) is 0 Å². The van der Waals surface area contributed by atoms with Gasteiger partial charge in [-0.1, -0.05) is 0 Å². The van der Waals surface area contributed by atoms with Crippen LogP contribution in [0.4, 0.5) is 0 Å². The molecule has 6 rings (SSSR count). The fourth-order valence-electron chi connectivity index (χ4n) is 17.8. The molecule has 0 fully saturated rings. The molecule has 0 unspecified atom stereocenters. The molecule has 0 aliphatic carbocycles. The van der Waals surface area contributed by atoms with Crippen molar-refractivity contribution in [3.05, 3.63) is 180 Å². The van der Waals surface area contributed by atoms with Gasteiger partial charge in [-0.15, -0.1) is 0 Å². The van der Waals surface area contributed by atoms with E-state index in [0.29, 0.717) is 0 Å². The average Bonchev–Trinajstić information content (AvgIpc) is 0.761. The minimum atomic E-state index is -2.94. The van der Waals surface area contributed by atoms with Gasteiger partial charge >= 0.3 is 760 Å². The van der Waals surface area contributed by atoms with Gasteiger partial charge in [-0.3, -0.25) is 4.79 Å². The van der Waals surface area contributed by atoms with Crippen molar-refractivity contribution < 1.29 is 50.2 Å². The van der Waals surface area contributed by atoms with Crippen molar-refractivity contribution in [1.29, 1.82) is 0 Å². The number of hydrogen-bond acceptors (Lipinski definition) is 7. The molecule has 0 spiro atoms. The van der Waals surface area contributed by atoms with Crippen LogP contribution in [0.1, 0.15) is 334 Å². The van der Waals surface area contributed by atoms with Crippen LogP contribution < -0.4 is 31.8 Å². The summed E-state index contributed by atoms with van der Waals surface area (Å²) in [6.45, 7) is 46.5. The van der Waals surface area contributed by atoms with Gasteiger partial charge in [-0.2, -0.15) is 0 Å². The van der Waals surface area contributed by atoms with Crippen molar-refractivity contribution in [2.45, 2.75) is 427 Å². The van der Waals surface area contributed by atoms with Gasteiger partial charge in [0.2, 0.25) is 0 Å². The predicted molar refractivity (Wildman–Crippen MR) is 558 cm³/mol. The van der Waals surface area contributed by atoms with Crippen LogP contribution in [0.25, 0.3) is 0 Å². The molecule has 0 atom stereocenters. The number of rotatable bonds is 66. The van der Waals surface area contributed by atoms with Crippen LogP contribution >= 0.6 is 23.1 Å². The van der Waals surface area contributed by atoms with Gasteiger partial charge < -0.3 is 0 Å². The summed E-state index contributed by atoms with van der Waals surface area (Å²) in [5.41, 5.74) is 4.28. The molecule has 0 heterocycles. The van der Waals surface area contributed by atoms with Crippen LogP contribution in [0.2, 0.25) is 90.7 Å². The minimum absolute atomic E-state index is 0.